The molecule has 0 bridgehead atoms. The van der Waals surface area contributed by atoms with Gasteiger partial charge in [-0.15, -0.1) is 0 Å². The SMILES string of the molecule is Cl/C=C(\Oc1ccccc1)c1cc2ccccc2o1. The summed E-state index contributed by atoms with van der Waals surface area (Å²) in [6.45, 7) is 0. The summed E-state index contributed by atoms with van der Waals surface area (Å²) >= 11 is 5.83. The molecule has 2 aromatic carbocycles. The van der Waals surface area contributed by atoms with Crippen molar-refractivity contribution in [3.8, 4) is 5.75 Å². The highest BCUT2D eigenvalue weighted by Gasteiger charge is 2.10. The van der Waals surface area contributed by atoms with E-state index in [1.54, 1.807) is 0 Å². The van der Waals surface area contributed by atoms with Gasteiger partial charge in [0, 0.05) is 5.39 Å². The second-order valence-electron chi connectivity index (χ2n) is 4.04. The Bertz CT molecular complexity index is 681. The van der Waals surface area contributed by atoms with Crippen molar-refractivity contribution in [3.63, 3.8) is 0 Å². The van der Waals surface area contributed by atoms with Crippen molar-refractivity contribution in [2.75, 3.05) is 0 Å². The van der Waals surface area contributed by atoms with Crippen LogP contribution < -0.4 is 4.74 Å². The summed E-state index contributed by atoms with van der Waals surface area (Å²) in [4.78, 5) is 0. The second kappa shape index (κ2) is 5.21. The molecule has 1 heterocycles. The first-order chi connectivity index (χ1) is 9.36. The third-order valence-corrected chi connectivity index (χ3v) is 2.94. The normalized spacial score (nSPS) is 11.7. The van der Waals surface area contributed by atoms with Gasteiger partial charge in [0.25, 0.3) is 0 Å². The maximum atomic E-state index is 5.83. The maximum absolute atomic E-state index is 5.83. The molecule has 2 nitrogen and oxygen atoms in total. The van der Waals surface area contributed by atoms with Gasteiger partial charge in [-0.05, 0) is 24.3 Å². The molecule has 0 saturated heterocycles. The predicted octanol–water partition coefficient (Wildman–Crippen LogP) is 5.05. The Labute approximate surface area is 115 Å². The molecule has 0 unspecified atom stereocenters. The van der Waals surface area contributed by atoms with Crippen molar-refractivity contribution in [2.24, 2.45) is 0 Å². The lowest BCUT2D eigenvalue weighted by Gasteiger charge is -2.05. The summed E-state index contributed by atoms with van der Waals surface area (Å²) in [6, 6.07) is 19.2. The molecule has 0 aliphatic carbocycles. The summed E-state index contributed by atoms with van der Waals surface area (Å²) in [5.41, 5.74) is 2.19. The van der Waals surface area contributed by atoms with E-state index in [0.29, 0.717) is 11.5 Å². The van der Waals surface area contributed by atoms with Gasteiger partial charge in [-0.3, -0.25) is 0 Å². The monoisotopic (exact) mass is 270 g/mol. The molecule has 3 rings (SSSR count). The Kier molecular flexibility index (Phi) is 3.25. The Hall–Kier alpha value is -2.19. The Morgan fingerprint density at radius 2 is 1.74 bits per heavy atom. The van der Waals surface area contributed by atoms with Gasteiger partial charge >= 0.3 is 0 Å². The smallest absolute Gasteiger partial charge is 0.181 e. The van der Waals surface area contributed by atoms with Crippen molar-refractivity contribution in [1.29, 1.82) is 0 Å². The number of rotatable bonds is 3. The maximum Gasteiger partial charge on any atom is 0.181 e. The predicted molar refractivity (Wildman–Crippen MR) is 77.1 cm³/mol. The average Bonchev–Trinajstić information content (AvgIpc) is 2.89. The molecule has 3 heteroatoms. The third-order valence-electron chi connectivity index (χ3n) is 2.74. The summed E-state index contributed by atoms with van der Waals surface area (Å²) in [7, 11) is 0. The minimum Gasteiger partial charge on any atom is -0.453 e. The van der Waals surface area contributed by atoms with Gasteiger partial charge in [0.1, 0.15) is 11.3 Å². The van der Waals surface area contributed by atoms with Crippen LogP contribution in [-0.2, 0) is 0 Å². The minimum atomic E-state index is 0.490. The second-order valence-corrected chi connectivity index (χ2v) is 4.26. The molecule has 0 amide bonds. The fourth-order valence-corrected chi connectivity index (χ4v) is 2.00. The van der Waals surface area contributed by atoms with E-state index in [4.69, 9.17) is 20.8 Å². The van der Waals surface area contributed by atoms with E-state index in [1.807, 2.05) is 60.7 Å². The molecule has 1 aromatic heterocycles. The molecule has 0 saturated carbocycles. The number of hydrogen-bond acceptors (Lipinski definition) is 2. The first-order valence-electron chi connectivity index (χ1n) is 5.89. The molecule has 19 heavy (non-hydrogen) atoms. The standard InChI is InChI=1S/C16H11ClO2/c17-11-16(18-13-7-2-1-3-8-13)15-10-12-6-4-5-9-14(12)19-15/h1-11H/b16-11-. The van der Waals surface area contributed by atoms with E-state index in [1.165, 1.54) is 5.54 Å². The molecular formula is C16H11ClO2. The molecule has 94 valence electrons. The lowest BCUT2D eigenvalue weighted by atomic mass is 10.2. The van der Waals surface area contributed by atoms with Crippen molar-refractivity contribution in [3.05, 3.63) is 72.0 Å². The van der Waals surface area contributed by atoms with Gasteiger partial charge in [-0.25, -0.2) is 0 Å². The lowest BCUT2D eigenvalue weighted by molar-refractivity contribution is 0.478. The first kappa shape index (κ1) is 11.9. The van der Waals surface area contributed by atoms with Crippen LogP contribution in [0.5, 0.6) is 5.75 Å². The number of furan rings is 1. The van der Waals surface area contributed by atoms with E-state index in [0.717, 1.165) is 16.7 Å². The fourth-order valence-electron chi connectivity index (χ4n) is 1.85. The topological polar surface area (TPSA) is 22.4 Å². The highest BCUT2D eigenvalue weighted by atomic mass is 35.5. The van der Waals surface area contributed by atoms with Crippen LogP contribution in [0.15, 0.2) is 70.6 Å². The molecule has 0 aliphatic rings. The van der Waals surface area contributed by atoms with Gasteiger partial charge in [-0.2, -0.15) is 0 Å². The zero-order valence-corrected chi connectivity index (χ0v) is 10.8. The van der Waals surface area contributed by atoms with Crippen LogP contribution in [0.3, 0.4) is 0 Å². The summed E-state index contributed by atoms with van der Waals surface area (Å²) < 4.78 is 11.4. The summed E-state index contributed by atoms with van der Waals surface area (Å²) in [5, 5.41) is 1.02. The van der Waals surface area contributed by atoms with Gasteiger partial charge in [0.05, 0.1) is 5.54 Å². The molecule has 0 spiro atoms. The molecule has 0 atom stereocenters. The van der Waals surface area contributed by atoms with Crippen molar-refractivity contribution >= 4 is 28.3 Å². The van der Waals surface area contributed by atoms with Crippen molar-refractivity contribution in [2.45, 2.75) is 0 Å². The van der Waals surface area contributed by atoms with Crippen molar-refractivity contribution in [1.82, 2.24) is 0 Å². The quantitative estimate of drug-likeness (QED) is 0.622. The highest BCUT2D eigenvalue weighted by Crippen LogP contribution is 2.27. The molecule has 0 aliphatic heterocycles. The van der Waals surface area contributed by atoms with Crippen LogP contribution in [0.1, 0.15) is 5.76 Å². The van der Waals surface area contributed by atoms with Crippen molar-refractivity contribution < 1.29 is 9.15 Å². The average molecular weight is 271 g/mol. The van der Waals surface area contributed by atoms with Crippen LogP contribution in [-0.4, -0.2) is 0 Å². The largest absolute Gasteiger partial charge is 0.453 e. The van der Waals surface area contributed by atoms with Gasteiger partial charge in [0.15, 0.2) is 11.5 Å². The van der Waals surface area contributed by atoms with E-state index in [2.05, 4.69) is 0 Å². The van der Waals surface area contributed by atoms with Gasteiger partial charge in [-0.1, -0.05) is 48.0 Å². The third kappa shape index (κ3) is 2.49. The van der Waals surface area contributed by atoms with E-state index in [-0.39, 0.29) is 0 Å². The number of fused-ring (bicyclic) bond motifs is 1. The summed E-state index contributed by atoms with van der Waals surface area (Å²) in [5.74, 6) is 1.82. The minimum absolute atomic E-state index is 0.490. The van der Waals surface area contributed by atoms with E-state index >= 15 is 0 Å². The molecule has 3 aromatic rings. The van der Waals surface area contributed by atoms with Crippen LogP contribution in [0.2, 0.25) is 0 Å². The molecule has 0 fully saturated rings. The fraction of sp³-hybridized carbons (Fsp3) is 0. The van der Waals surface area contributed by atoms with Crippen LogP contribution >= 0.6 is 11.6 Å². The highest BCUT2D eigenvalue weighted by molar-refractivity contribution is 6.27. The molecule has 0 radical (unpaired) electrons. The number of benzene rings is 2. The Balaban J connectivity index is 1.94. The Morgan fingerprint density at radius 1 is 1.00 bits per heavy atom. The zero-order valence-electron chi connectivity index (χ0n) is 10.0. The molecule has 0 N–H and O–H groups in total. The van der Waals surface area contributed by atoms with Gasteiger partial charge < -0.3 is 9.15 Å². The van der Waals surface area contributed by atoms with E-state index in [9.17, 15) is 0 Å². The lowest BCUT2D eigenvalue weighted by Crippen LogP contribution is -1.92. The first-order valence-corrected chi connectivity index (χ1v) is 6.33. The number of hydrogen-bond donors (Lipinski definition) is 0. The molecular weight excluding hydrogens is 260 g/mol. The number of para-hydroxylation sites is 2. The van der Waals surface area contributed by atoms with Crippen LogP contribution in [0.4, 0.5) is 0 Å². The Morgan fingerprint density at radius 3 is 2.47 bits per heavy atom. The number of halogens is 1. The van der Waals surface area contributed by atoms with E-state index < -0.39 is 0 Å². The van der Waals surface area contributed by atoms with Crippen LogP contribution in [0.25, 0.3) is 16.7 Å². The number of ether oxygens (including phenoxy) is 1. The van der Waals surface area contributed by atoms with Gasteiger partial charge in [0.2, 0.25) is 0 Å². The zero-order chi connectivity index (χ0) is 13.1. The summed E-state index contributed by atoms with van der Waals surface area (Å²) in [6.07, 6.45) is 0. The van der Waals surface area contributed by atoms with Crippen LogP contribution in [0, 0.1) is 0 Å².